The molecule has 10 atom stereocenters. The third kappa shape index (κ3) is 45.4. The number of aliphatic hydroxyl groups excluding tert-OH is 1. The van der Waals surface area contributed by atoms with Crippen molar-refractivity contribution in [1.29, 1.82) is 0 Å². The van der Waals surface area contributed by atoms with Crippen LogP contribution in [0.1, 0.15) is 204 Å². The van der Waals surface area contributed by atoms with Crippen molar-refractivity contribution >= 4 is 113 Å². The van der Waals surface area contributed by atoms with E-state index in [-0.39, 0.29) is 223 Å². The number of amides is 5. The highest BCUT2D eigenvalue weighted by Gasteiger charge is 2.51. The van der Waals surface area contributed by atoms with Crippen molar-refractivity contribution in [3.63, 3.8) is 0 Å². The number of unbranched alkanes of at least 4 members (excludes halogenated alkanes) is 6. The van der Waals surface area contributed by atoms with E-state index in [9.17, 15) is 130 Å². The van der Waals surface area contributed by atoms with Gasteiger partial charge in [-0.05, 0) is 140 Å². The number of ether oxygens (including phenoxy) is 9. The standard InChI is InChI=1S/C78H121N11O44P6S3/c1-5-31-118-67-44-56(46-69(73(67)122-33-7-3)120-34-19-38-140(109,110)111)76(94)81-27-17-29-88-49-58(84-86-88)51-124-64-42-55(43-65(60(64)22-16-25-79)125-52-59-50-89(87-85-59)30-18-28-82-77(95)57-45-68(119-32-6-2)74(123-36-21-40-142(115,116)117)70(47-57)121-35-20-39-141(112,113)114)62(90)23-12-8-9-13-24-72(92)80-26-14-10-11-15-37-126-134(97,98)129-136(101,102)131-138(105,106)133-139(107,108)132-137(103,104)130-135(99,100)127-53-71-63(91)48-66(128-71)61-41-54(4)75(93)83-78(61)96/h41-47,49-50,61,63,66,71,91H,5-40,48,51-53,79H2,1-4H3,(H,80,92)(H,81,94)(H,82,95)(H,97,98)(H,99,100)(H,101,102)(H,103,104)(H,105,106)(H,107,108)(H,83,93,96)(H,109,110,111)(H,112,113,114)(H,115,116,117)/t61?,63?,66-,71-/m1/s1. The Hall–Kier alpha value is -8.23. The molecule has 16 N–H and O–H groups in total. The zero-order valence-corrected chi connectivity index (χ0v) is 85.6. The molecule has 7 rings (SSSR count). The highest BCUT2D eigenvalue weighted by molar-refractivity contribution is 7.86. The molecule has 0 radical (unpaired) electrons. The van der Waals surface area contributed by atoms with Crippen LogP contribution in [-0.2, 0) is 140 Å². The molecule has 0 aliphatic carbocycles. The van der Waals surface area contributed by atoms with Gasteiger partial charge in [0.2, 0.25) is 23.3 Å². The molecule has 2 aliphatic heterocycles. The molecule has 2 aliphatic rings. The molecule has 5 aromatic rings. The van der Waals surface area contributed by atoms with Gasteiger partial charge in [0, 0.05) is 79.8 Å². The predicted octanol–water partition coefficient (Wildman–Crippen LogP) is 7.55. The molecule has 64 heteroatoms. The van der Waals surface area contributed by atoms with Crippen molar-refractivity contribution < 1.29 is 203 Å². The van der Waals surface area contributed by atoms with E-state index in [0.29, 0.717) is 100 Å². The van der Waals surface area contributed by atoms with Gasteiger partial charge in [0.1, 0.15) is 42.2 Å². The topological polar surface area (TPSA) is 793 Å². The first-order chi connectivity index (χ1) is 66.8. The zero-order valence-electron chi connectivity index (χ0n) is 77.8. The van der Waals surface area contributed by atoms with Crippen LogP contribution in [0.25, 0.3) is 0 Å². The van der Waals surface area contributed by atoms with E-state index in [1.165, 1.54) is 41.9 Å². The Kier molecular flexibility index (Phi) is 49.1. The SMILES string of the molecule is CCCOc1cc(C(=O)NCCCn2cc(COc3cc(C(=O)CCCCCCC(=O)NCCCCCCOP(=O)(O)OP(=O)(O)OP(=O)(O)OP(=O)(O)OP(=O)(O)OP(=O)(O)OC[C@H]4O[C@@H](C5C=C(C)C(=O)NC5=O)CC4O)cc(OCc4cn(CCCNC(=O)c5cc(OCCC)c(OCCCS(=O)(=O)O)c(OCCCS(=O)(=O)O)c5)nn4)c3CCCN)nn2)cc(OCCCS(=O)(=O)O)c1OCCC. The third-order valence-electron chi connectivity index (χ3n) is 19.7. The van der Waals surface area contributed by atoms with Gasteiger partial charge in [0.25, 0.3) is 48.1 Å². The molecule has 142 heavy (non-hydrogen) atoms. The lowest BCUT2D eigenvalue weighted by Gasteiger charge is -2.24. The quantitative estimate of drug-likeness (QED) is 0.00587. The lowest BCUT2D eigenvalue weighted by molar-refractivity contribution is -0.135. The van der Waals surface area contributed by atoms with Gasteiger partial charge in [-0.25, -0.2) is 27.4 Å². The molecule has 800 valence electrons. The fourth-order valence-corrected chi connectivity index (χ4v) is 22.5. The van der Waals surface area contributed by atoms with E-state index < -0.39 is 156 Å². The summed E-state index contributed by atoms with van der Waals surface area (Å²) in [7, 11) is -50.5. The fraction of sp³-hybridized carbons (Fsp3) is 0.615. The third-order valence-corrected chi connectivity index (χ3v) is 31.4. The number of nitrogens with zero attached hydrogens (tertiary/aromatic N) is 6. The summed E-state index contributed by atoms with van der Waals surface area (Å²) in [6.45, 7) is 6.24. The van der Waals surface area contributed by atoms with Gasteiger partial charge in [0.15, 0.2) is 28.8 Å². The van der Waals surface area contributed by atoms with Gasteiger partial charge in [0.05, 0.1) is 101 Å². The number of rotatable bonds is 73. The molecule has 55 nitrogen and oxygen atoms in total. The summed E-state index contributed by atoms with van der Waals surface area (Å²) < 4.78 is 256. The second kappa shape index (κ2) is 57.8. The van der Waals surface area contributed by atoms with E-state index in [1.807, 2.05) is 20.8 Å². The Morgan fingerprint density at radius 3 is 1.35 bits per heavy atom. The van der Waals surface area contributed by atoms with Crippen molar-refractivity contribution in [1.82, 2.24) is 51.3 Å². The Morgan fingerprint density at radius 2 is 0.887 bits per heavy atom. The number of nitrogens with two attached hydrogens (primary N) is 1. The van der Waals surface area contributed by atoms with Gasteiger partial charge in [-0.15, -0.1) is 10.2 Å². The van der Waals surface area contributed by atoms with Crippen molar-refractivity contribution in [2.24, 2.45) is 11.7 Å². The molecule has 3 aromatic carbocycles. The summed E-state index contributed by atoms with van der Waals surface area (Å²) >= 11 is 0. The van der Waals surface area contributed by atoms with Gasteiger partial charge in [-0.3, -0.25) is 66.2 Å². The minimum absolute atomic E-state index is 0.0224. The van der Waals surface area contributed by atoms with E-state index in [0.717, 1.165) is 0 Å². The van der Waals surface area contributed by atoms with E-state index in [1.54, 1.807) is 29.2 Å². The summed E-state index contributed by atoms with van der Waals surface area (Å²) in [4.78, 5) is 138. The Bertz CT molecular complexity index is 5760. The molecule has 4 heterocycles. The van der Waals surface area contributed by atoms with Crippen LogP contribution in [-0.4, -0.2) is 253 Å². The van der Waals surface area contributed by atoms with Gasteiger partial charge < -0.3 is 98.8 Å². The zero-order chi connectivity index (χ0) is 105. The monoisotopic (exact) mass is 2200 g/mol. The average Bonchev–Trinajstić information content (AvgIpc) is 1.67. The number of imide groups is 1. The number of aryl methyl sites for hydroxylation is 2. The molecule has 5 amide bonds. The molecule has 2 aromatic heterocycles. The second-order valence-electron chi connectivity index (χ2n) is 31.9. The summed E-state index contributed by atoms with van der Waals surface area (Å²) in [6, 6.07) is 8.87. The number of nitrogens with one attached hydrogen (secondary N) is 4. The lowest BCUT2D eigenvalue weighted by atomic mass is 9.93. The van der Waals surface area contributed by atoms with Crippen LogP contribution in [0.15, 0.2) is 60.4 Å². The summed E-state index contributed by atoms with van der Waals surface area (Å²) in [5.41, 5.74) is 7.93. The number of phosphoric ester groups is 2. The number of hydrogen-bond acceptors (Lipinski definition) is 40. The summed E-state index contributed by atoms with van der Waals surface area (Å²) in [5.74, 6) is -4.94. The van der Waals surface area contributed by atoms with E-state index >= 15 is 0 Å². The number of benzene rings is 3. The van der Waals surface area contributed by atoms with Crippen LogP contribution in [0, 0.1) is 5.92 Å². The maximum atomic E-state index is 14.3. The number of hydrogen-bond donors (Lipinski definition) is 15. The smallest absolute Gasteiger partial charge is 0.490 e. The Morgan fingerprint density at radius 1 is 0.486 bits per heavy atom. The molecule has 0 saturated carbocycles. The molecule has 0 spiro atoms. The molecular weight excluding hydrogens is 2080 g/mol. The first-order valence-corrected chi connectivity index (χ1v) is 58.5. The van der Waals surface area contributed by atoms with E-state index in [4.69, 9.17) is 48.4 Å². The highest BCUT2D eigenvalue weighted by Crippen LogP contribution is 2.75. The van der Waals surface area contributed by atoms with Crippen molar-refractivity contribution in [2.45, 2.75) is 207 Å². The van der Waals surface area contributed by atoms with Crippen LogP contribution >= 0.6 is 46.9 Å². The Balaban J connectivity index is 0.899. The second-order valence-corrected chi connectivity index (χ2v) is 46.0. The van der Waals surface area contributed by atoms with Crippen LogP contribution in [0.5, 0.6) is 46.0 Å². The number of ketones is 1. The largest absolute Gasteiger partial charge is 0.490 e. The normalized spacial score (nSPS) is 17.7. The number of Topliss-reactive ketones (excluding diaryl/α,β-unsaturated/α-hetero) is 1. The molecule has 1 saturated heterocycles. The van der Waals surface area contributed by atoms with Crippen LogP contribution in [0.2, 0.25) is 0 Å². The van der Waals surface area contributed by atoms with Crippen molar-refractivity contribution in [3.05, 3.63) is 94.1 Å². The number of aliphatic hydroxyl groups is 1. The van der Waals surface area contributed by atoms with Gasteiger partial charge in [-0.1, -0.05) is 63.0 Å². The Labute approximate surface area is 817 Å². The van der Waals surface area contributed by atoms with Crippen LogP contribution in [0.3, 0.4) is 0 Å². The van der Waals surface area contributed by atoms with Crippen LogP contribution < -0.4 is 64.9 Å². The predicted molar refractivity (Wildman–Crippen MR) is 496 cm³/mol. The van der Waals surface area contributed by atoms with Gasteiger partial charge in [-0.2, -0.15) is 46.8 Å². The highest BCUT2D eigenvalue weighted by atomic mass is 32.2. The molecular formula is C78H121N11O44P6S3. The van der Waals surface area contributed by atoms with E-state index in [2.05, 4.69) is 72.5 Å². The molecule has 1 fully saturated rings. The maximum Gasteiger partial charge on any atom is 0.490 e. The number of phosphoric acid groups is 6. The first kappa shape index (κ1) is 121. The minimum atomic E-state index is -6.59. The first-order valence-electron chi connectivity index (χ1n) is 44.7. The van der Waals surface area contributed by atoms with Crippen molar-refractivity contribution in [3.8, 4) is 46.0 Å². The van der Waals surface area contributed by atoms with Crippen molar-refractivity contribution in [2.75, 3.05) is 96.3 Å². The number of carbonyl (C=O) groups excluding carboxylic acids is 6. The minimum Gasteiger partial charge on any atom is -0.490 e. The number of carbonyl (C=O) groups is 6. The molecule has 0 bridgehead atoms. The average molecular weight is 2200 g/mol. The summed E-state index contributed by atoms with van der Waals surface area (Å²) in [6.07, 6.45) is 6.08. The maximum absolute atomic E-state index is 14.3. The lowest BCUT2D eigenvalue weighted by Crippen LogP contribution is -2.44. The fourth-order valence-electron chi connectivity index (χ4n) is 13.2. The summed E-state index contributed by atoms with van der Waals surface area (Å²) in [5, 5.41) is 38.0. The molecule has 8 unspecified atom stereocenters. The van der Waals surface area contributed by atoms with Crippen LogP contribution in [0.4, 0.5) is 0 Å². The number of aromatic nitrogens is 6. The van der Waals surface area contributed by atoms with Gasteiger partial charge >= 0.3 is 46.9 Å².